The second-order valence-electron chi connectivity index (χ2n) is 6.60. The molecule has 2 aromatic carbocycles. The molecule has 2 aromatic rings. The van der Waals surface area contributed by atoms with Crippen molar-refractivity contribution in [2.24, 2.45) is 5.92 Å². The van der Waals surface area contributed by atoms with Crippen molar-refractivity contribution in [1.29, 1.82) is 0 Å². The predicted molar refractivity (Wildman–Crippen MR) is 98.2 cm³/mol. The molecule has 0 bridgehead atoms. The van der Waals surface area contributed by atoms with Crippen molar-refractivity contribution in [2.45, 2.75) is 31.6 Å². The third-order valence-corrected chi connectivity index (χ3v) is 5.73. The Balaban J connectivity index is 1.78. The topological polar surface area (TPSA) is 75.3 Å². The SMILES string of the molecule is Cc1ccc(C)c(NC(=O)c2cccc(S(=O)(=O)NCC3CC3)c2)c1. The molecule has 5 nitrogen and oxygen atoms in total. The minimum Gasteiger partial charge on any atom is -0.322 e. The van der Waals surface area contributed by atoms with Gasteiger partial charge in [0, 0.05) is 17.8 Å². The van der Waals surface area contributed by atoms with Crippen LogP contribution < -0.4 is 10.0 Å². The third-order valence-electron chi connectivity index (χ3n) is 4.31. The van der Waals surface area contributed by atoms with E-state index < -0.39 is 10.0 Å². The Bertz CT molecular complexity index is 903. The van der Waals surface area contributed by atoms with Crippen LogP contribution in [0, 0.1) is 19.8 Å². The largest absolute Gasteiger partial charge is 0.322 e. The summed E-state index contributed by atoms with van der Waals surface area (Å²) in [5, 5.41) is 2.85. The molecule has 0 aliphatic heterocycles. The molecule has 0 heterocycles. The summed E-state index contributed by atoms with van der Waals surface area (Å²) < 4.78 is 27.3. The van der Waals surface area contributed by atoms with Gasteiger partial charge in [-0.05, 0) is 68.0 Å². The Morgan fingerprint density at radius 2 is 1.88 bits per heavy atom. The van der Waals surface area contributed by atoms with Crippen LogP contribution in [0.4, 0.5) is 5.69 Å². The molecule has 25 heavy (non-hydrogen) atoms. The second kappa shape index (κ2) is 6.98. The number of hydrogen-bond acceptors (Lipinski definition) is 3. The van der Waals surface area contributed by atoms with Crippen molar-refractivity contribution in [1.82, 2.24) is 4.72 Å². The van der Waals surface area contributed by atoms with Crippen molar-refractivity contribution < 1.29 is 13.2 Å². The highest BCUT2D eigenvalue weighted by Crippen LogP contribution is 2.28. The molecular formula is C19H22N2O3S. The van der Waals surface area contributed by atoms with E-state index in [1.54, 1.807) is 12.1 Å². The summed E-state index contributed by atoms with van der Waals surface area (Å²) in [5.74, 6) is 0.124. The van der Waals surface area contributed by atoms with Crippen molar-refractivity contribution in [3.8, 4) is 0 Å². The Labute approximate surface area is 148 Å². The molecule has 132 valence electrons. The first-order chi connectivity index (χ1) is 11.8. The van der Waals surface area contributed by atoms with Gasteiger partial charge in [0.25, 0.3) is 5.91 Å². The smallest absolute Gasteiger partial charge is 0.255 e. The number of nitrogens with one attached hydrogen (secondary N) is 2. The lowest BCUT2D eigenvalue weighted by Gasteiger charge is -2.11. The standard InChI is InChI=1S/C19H22N2O3S/c1-13-6-7-14(2)18(10-13)21-19(22)16-4-3-5-17(11-16)25(23,24)20-12-15-8-9-15/h3-7,10-11,15,20H,8-9,12H2,1-2H3,(H,21,22). The summed E-state index contributed by atoms with van der Waals surface area (Å²) in [5.41, 5.74) is 3.04. The number of sulfonamides is 1. The van der Waals surface area contributed by atoms with Gasteiger partial charge in [-0.1, -0.05) is 18.2 Å². The van der Waals surface area contributed by atoms with Gasteiger partial charge >= 0.3 is 0 Å². The Hall–Kier alpha value is -2.18. The lowest BCUT2D eigenvalue weighted by atomic mass is 10.1. The Morgan fingerprint density at radius 3 is 2.60 bits per heavy atom. The highest BCUT2D eigenvalue weighted by atomic mass is 32.2. The molecule has 1 amide bonds. The van der Waals surface area contributed by atoms with E-state index in [0.29, 0.717) is 18.0 Å². The van der Waals surface area contributed by atoms with Crippen molar-refractivity contribution >= 4 is 21.6 Å². The van der Waals surface area contributed by atoms with Gasteiger partial charge in [-0.25, -0.2) is 13.1 Å². The number of rotatable bonds is 6. The number of anilines is 1. The lowest BCUT2D eigenvalue weighted by Crippen LogP contribution is -2.26. The molecule has 0 spiro atoms. The van der Waals surface area contributed by atoms with Crippen LogP contribution in [-0.2, 0) is 10.0 Å². The number of aryl methyl sites for hydroxylation is 2. The zero-order valence-electron chi connectivity index (χ0n) is 14.4. The van der Waals surface area contributed by atoms with Crippen LogP contribution >= 0.6 is 0 Å². The molecule has 3 rings (SSSR count). The first kappa shape index (κ1) is 17.6. The van der Waals surface area contributed by atoms with Gasteiger partial charge in [0.1, 0.15) is 0 Å². The summed E-state index contributed by atoms with van der Waals surface area (Å²) in [6, 6.07) is 11.9. The molecule has 2 N–H and O–H groups in total. The van der Waals surface area contributed by atoms with Gasteiger partial charge in [0.05, 0.1) is 4.90 Å². The first-order valence-electron chi connectivity index (χ1n) is 8.33. The summed E-state index contributed by atoms with van der Waals surface area (Å²) in [6.07, 6.45) is 2.14. The van der Waals surface area contributed by atoms with Gasteiger partial charge in [-0.15, -0.1) is 0 Å². The quantitative estimate of drug-likeness (QED) is 0.832. The maximum Gasteiger partial charge on any atom is 0.255 e. The van der Waals surface area contributed by atoms with Crippen molar-refractivity contribution in [3.05, 3.63) is 59.2 Å². The normalized spacial score (nSPS) is 14.3. The van der Waals surface area contributed by atoms with E-state index in [9.17, 15) is 13.2 Å². The molecule has 0 atom stereocenters. The molecule has 6 heteroatoms. The van der Waals surface area contributed by atoms with Crippen LogP contribution in [0.1, 0.15) is 34.3 Å². The Kier molecular flexibility index (Phi) is 4.92. The maximum absolute atomic E-state index is 12.5. The van der Waals surface area contributed by atoms with E-state index in [4.69, 9.17) is 0 Å². The number of amides is 1. The number of benzene rings is 2. The summed E-state index contributed by atoms with van der Waals surface area (Å²) in [7, 11) is -3.59. The molecule has 1 aliphatic rings. The second-order valence-corrected chi connectivity index (χ2v) is 8.36. The van der Waals surface area contributed by atoms with Crippen molar-refractivity contribution in [3.63, 3.8) is 0 Å². The summed E-state index contributed by atoms with van der Waals surface area (Å²) in [6.45, 7) is 4.33. The first-order valence-corrected chi connectivity index (χ1v) is 9.82. The van der Waals surface area contributed by atoms with Gasteiger partial charge < -0.3 is 5.32 Å². The molecule has 1 aliphatic carbocycles. The van der Waals surface area contributed by atoms with Crippen LogP contribution in [0.2, 0.25) is 0 Å². The zero-order valence-corrected chi connectivity index (χ0v) is 15.2. The minimum absolute atomic E-state index is 0.113. The number of carbonyl (C=O) groups is 1. The fourth-order valence-electron chi connectivity index (χ4n) is 2.50. The highest BCUT2D eigenvalue weighted by Gasteiger charge is 2.24. The fraction of sp³-hybridized carbons (Fsp3) is 0.316. The zero-order chi connectivity index (χ0) is 18.0. The molecular weight excluding hydrogens is 336 g/mol. The van der Waals surface area contributed by atoms with E-state index in [0.717, 1.165) is 29.7 Å². The average Bonchev–Trinajstić information content (AvgIpc) is 3.41. The molecule has 0 radical (unpaired) electrons. The molecule has 1 fully saturated rings. The maximum atomic E-state index is 12.5. The van der Waals surface area contributed by atoms with E-state index in [2.05, 4.69) is 10.0 Å². The number of hydrogen-bond donors (Lipinski definition) is 2. The van der Waals surface area contributed by atoms with Crippen LogP contribution in [0.3, 0.4) is 0 Å². The fourth-order valence-corrected chi connectivity index (χ4v) is 3.66. The molecule has 0 saturated heterocycles. The van der Waals surface area contributed by atoms with Gasteiger partial charge in [0.2, 0.25) is 10.0 Å². The van der Waals surface area contributed by atoms with Crippen LogP contribution in [0.15, 0.2) is 47.4 Å². The number of carbonyl (C=O) groups excluding carboxylic acids is 1. The monoisotopic (exact) mass is 358 g/mol. The van der Waals surface area contributed by atoms with Gasteiger partial charge in [0.15, 0.2) is 0 Å². The Morgan fingerprint density at radius 1 is 1.12 bits per heavy atom. The van der Waals surface area contributed by atoms with Gasteiger partial charge in [-0.3, -0.25) is 4.79 Å². The molecule has 1 saturated carbocycles. The average molecular weight is 358 g/mol. The summed E-state index contributed by atoms with van der Waals surface area (Å²) in [4.78, 5) is 12.6. The van der Waals surface area contributed by atoms with Gasteiger partial charge in [-0.2, -0.15) is 0 Å². The molecule has 0 unspecified atom stereocenters. The van der Waals surface area contributed by atoms with E-state index in [1.165, 1.54) is 12.1 Å². The third kappa shape index (κ3) is 4.46. The highest BCUT2D eigenvalue weighted by molar-refractivity contribution is 7.89. The van der Waals surface area contributed by atoms with Crippen LogP contribution in [-0.4, -0.2) is 20.9 Å². The minimum atomic E-state index is -3.59. The summed E-state index contributed by atoms with van der Waals surface area (Å²) >= 11 is 0. The van der Waals surface area contributed by atoms with Crippen LogP contribution in [0.5, 0.6) is 0 Å². The lowest BCUT2D eigenvalue weighted by molar-refractivity contribution is 0.102. The van der Waals surface area contributed by atoms with E-state index in [-0.39, 0.29) is 10.8 Å². The van der Waals surface area contributed by atoms with E-state index in [1.807, 2.05) is 32.0 Å². The van der Waals surface area contributed by atoms with Crippen molar-refractivity contribution in [2.75, 3.05) is 11.9 Å². The predicted octanol–water partition coefficient (Wildman–Crippen LogP) is 3.24. The van der Waals surface area contributed by atoms with E-state index >= 15 is 0 Å². The molecule has 0 aromatic heterocycles. The van der Waals surface area contributed by atoms with Crippen LogP contribution in [0.25, 0.3) is 0 Å².